The van der Waals surface area contributed by atoms with Crippen LogP contribution in [0.5, 0.6) is 0 Å². The van der Waals surface area contributed by atoms with Crippen LogP contribution in [-0.2, 0) is 0 Å². The molecule has 0 bridgehead atoms. The summed E-state index contributed by atoms with van der Waals surface area (Å²) < 4.78 is 13.2. The van der Waals surface area contributed by atoms with Crippen LogP contribution < -0.4 is 16.0 Å². The summed E-state index contributed by atoms with van der Waals surface area (Å²) in [6, 6.07) is 6.41. The van der Waals surface area contributed by atoms with E-state index in [-0.39, 0.29) is 27.6 Å². The summed E-state index contributed by atoms with van der Waals surface area (Å²) in [5.74, 6) is -1.19. The van der Waals surface area contributed by atoms with Gasteiger partial charge in [-0.3, -0.25) is 14.9 Å². The Kier molecular flexibility index (Phi) is 5.76. The number of carbonyl (C=O) groups excluding carboxylic acids is 1. The van der Waals surface area contributed by atoms with Gasteiger partial charge < -0.3 is 16.0 Å². The van der Waals surface area contributed by atoms with E-state index >= 15 is 0 Å². The number of benzene rings is 2. The number of halogens is 2. The molecule has 0 fully saturated rings. The Morgan fingerprint density at radius 3 is 2.56 bits per heavy atom. The van der Waals surface area contributed by atoms with E-state index in [4.69, 9.17) is 11.6 Å². The molecule has 0 saturated carbocycles. The van der Waals surface area contributed by atoms with Crippen LogP contribution >= 0.6 is 11.6 Å². The zero-order valence-electron chi connectivity index (χ0n) is 13.5. The van der Waals surface area contributed by atoms with Crippen molar-refractivity contribution in [1.29, 1.82) is 0 Å². The number of nitrogens with one attached hydrogen (secondary N) is 3. The molecule has 9 heteroatoms. The second-order valence-electron chi connectivity index (χ2n) is 5.04. The molecule has 0 heterocycles. The molecule has 2 aromatic rings. The summed E-state index contributed by atoms with van der Waals surface area (Å²) in [5, 5.41) is 19.4. The highest BCUT2D eigenvalue weighted by Crippen LogP contribution is 2.32. The molecule has 25 heavy (non-hydrogen) atoms. The molecule has 0 aromatic heterocycles. The molecule has 0 saturated heterocycles. The van der Waals surface area contributed by atoms with Crippen LogP contribution in [0.15, 0.2) is 30.3 Å². The van der Waals surface area contributed by atoms with E-state index in [1.807, 2.05) is 6.92 Å². The number of amides is 1. The molecular formula is C16H16ClFN4O3. The van der Waals surface area contributed by atoms with Crippen molar-refractivity contribution in [2.24, 2.45) is 0 Å². The third-order valence-corrected chi connectivity index (χ3v) is 3.68. The smallest absolute Gasteiger partial charge is 0.293 e. The number of carbonyl (C=O) groups is 1. The first-order valence-corrected chi connectivity index (χ1v) is 7.75. The SMILES string of the molecule is CCNc1cc(NC)c([N+](=O)[O-])cc1C(=O)Nc1ccc(F)c(Cl)c1. The van der Waals surface area contributed by atoms with E-state index in [1.165, 1.54) is 24.3 Å². The maximum atomic E-state index is 13.2. The van der Waals surface area contributed by atoms with Gasteiger partial charge in [0.2, 0.25) is 0 Å². The Morgan fingerprint density at radius 1 is 1.28 bits per heavy atom. The lowest BCUT2D eigenvalue weighted by atomic mass is 10.1. The van der Waals surface area contributed by atoms with Gasteiger partial charge in [0.25, 0.3) is 11.6 Å². The Morgan fingerprint density at radius 2 is 2.00 bits per heavy atom. The van der Waals surface area contributed by atoms with E-state index in [9.17, 15) is 19.3 Å². The van der Waals surface area contributed by atoms with Crippen LogP contribution in [0.25, 0.3) is 0 Å². The van der Waals surface area contributed by atoms with Gasteiger partial charge in [-0.05, 0) is 31.2 Å². The van der Waals surface area contributed by atoms with Crippen molar-refractivity contribution in [3.8, 4) is 0 Å². The average molecular weight is 367 g/mol. The van der Waals surface area contributed by atoms with Crippen molar-refractivity contribution in [2.45, 2.75) is 6.92 Å². The minimum Gasteiger partial charge on any atom is -0.385 e. The summed E-state index contributed by atoms with van der Waals surface area (Å²) in [7, 11) is 1.55. The highest BCUT2D eigenvalue weighted by molar-refractivity contribution is 6.31. The maximum absolute atomic E-state index is 13.2. The summed E-state index contributed by atoms with van der Waals surface area (Å²) in [5.41, 5.74) is 0.851. The molecule has 1 amide bonds. The zero-order valence-corrected chi connectivity index (χ0v) is 14.3. The fourth-order valence-electron chi connectivity index (χ4n) is 2.24. The zero-order chi connectivity index (χ0) is 18.6. The van der Waals surface area contributed by atoms with Gasteiger partial charge in [0.05, 0.1) is 15.5 Å². The molecule has 0 atom stereocenters. The van der Waals surface area contributed by atoms with Gasteiger partial charge in [0, 0.05) is 31.0 Å². The number of hydrogen-bond acceptors (Lipinski definition) is 5. The van der Waals surface area contributed by atoms with Crippen molar-refractivity contribution < 1.29 is 14.1 Å². The molecule has 2 aromatic carbocycles. The lowest BCUT2D eigenvalue weighted by Crippen LogP contribution is -2.16. The van der Waals surface area contributed by atoms with Crippen LogP contribution in [0, 0.1) is 15.9 Å². The number of anilines is 3. The maximum Gasteiger partial charge on any atom is 0.293 e. The normalized spacial score (nSPS) is 10.2. The van der Waals surface area contributed by atoms with Crippen LogP contribution in [-0.4, -0.2) is 24.4 Å². The van der Waals surface area contributed by atoms with Gasteiger partial charge in [-0.2, -0.15) is 0 Å². The Balaban J connectivity index is 2.43. The predicted octanol–water partition coefficient (Wildman–Crippen LogP) is 4.11. The standard InChI is InChI=1S/C16H16ClFN4O3/c1-3-20-13-8-14(19-2)15(22(24)25)7-10(13)16(23)21-9-4-5-12(18)11(17)6-9/h4-8,19-20H,3H2,1-2H3,(H,21,23). The minimum absolute atomic E-state index is 0.0907. The van der Waals surface area contributed by atoms with Crippen LogP contribution in [0.3, 0.4) is 0 Å². The first kappa shape index (κ1) is 18.5. The minimum atomic E-state index is -0.609. The van der Waals surface area contributed by atoms with Crippen LogP contribution in [0.2, 0.25) is 5.02 Å². The van der Waals surface area contributed by atoms with E-state index < -0.39 is 16.6 Å². The largest absolute Gasteiger partial charge is 0.385 e. The van der Waals surface area contributed by atoms with Gasteiger partial charge in [-0.1, -0.05) is 11.6 Å². The average Bonchev–Trinajstić information content (AvgIpc) is 2.57. The molecule has 7 nitrogen and oxygen atoms in total. The third-order valence-electron chi connectivity index (χ3n) is 3.39. The molecule has 132 valence electrons. The third kappa shape index (κ3) is 4.16. The first-order valence-electron chi connectivity index (χ1n) is 7.37. The number of hydrogen-bond donors (Lipinski definition) is 3. The summed E-state index contributed by atoms with van der Waals surface area (Å²) in [6.07, 6.45) is 0. The topological polar surface area (TPSA) is 96.3 Å². The highest BCUT2D eigenvalue weighted by atomic mass is 35.5. The molecule has 2 rings (SSSR count). The Hall–Kier alpha value is -2.87. The van der Waals surface area contributed by atoms with Crippen LogP contribution in [0.1, 0.15) is 17.3 Å². The summed E-state index contributed by atoms with van der Waals surface area (Å²) in [4.78, 5) is 23.2. The molecule has 0 unspecified atom stereocenters. The highest BCUT2D eigenvalue weighted by Gasteiger charge is 2.21. The van der Waals surface area contributed by atoms with Crippen molar-refractivity contribution in [2.75, 3.05) is 29.5 Å². The Bertz CT molecular complexity index is 829. The fraction of sp³-hybridized carbons (Fsp3) is 0.188. The lowest BCUT2D eigenvalue weighted by molar-refractivity contribution is -0.383. The second-order valence-corrected chi connectivity index (χ2v) is 5.44. The second kappa shape index (κ2) is 7.80. The molecule has 0 aliphatic carbocycles. The van der Waals surface area contributed by atoms with Gasteiger partial charge >= 0.3 is 0 Å². The predicted molar refractivity (Wildman–Crippen MR) is 96.2 cm³/mol. The van der Waals surface area contributed by atoms with Crippen molar-refractivity contribution in [3.05, 3.63) is 56.8 Å². The lowest BCUT2D eigenvalue weighted by Gasteiger charge is -2.14. The Labute approximate surface area is 148 Å². The summed E-state index contributed by atoms with van der Waals surface area (Å²) in [6.45, 7) is 2.35. The molecule has 0 aliphatic rings. The number of nitro groups is 1. The van der Waals surface area contributed by atoms with E-state index in [0.717, 1.165) is 6.07 Å². The quantitative estimate of drug-likeness (QED) is 0.528. The molecule has 3 N–H and O–H groups in total. The van der Waals surface area contributed by atoms with Gasteiger partial charge in [0.15, 0.2) is 0 Å². The molecule has 0 radical (unpaired) electrons. The van der Waals surface area contributed by atoms with Crippen LogP contribution in [0.4, 0.5) is 27.1 Å². The first-order chi connectivity index (χ1) is 11.9. The van der Waals surface area contributed by atoms with E-state index in [2.05, 4.69) is 16.0 Å². The van der Waals surface area contributed by atoms with Gasteiger partial charge in [-0.25, -0.2) is 4.39 Å². The fourth-order valence-corrected chi connectivity index (χ4v) is 2.42. The van der Waals surface area contributed by atoms with E-state index in [1.54, 1.807) is 7.05 Å². The summed E-state index contributed by atoms with van der Waals surface area (Å²) >= 11 is 5.69. The molecular weight excluding hydrogens is 351 g/mol. The van der Waals surface area contributed by atoms with E-state index in [0.29, 0.717) is 12.2 Å². The van der Waals surface area contributed by atoms with Gasteiger partial charge in [0.1, 0.15) is 11.5 Å². The van der Waals surface area contributed by atoms with Crippen molar-refractivity contribution in [1.82, 2.24) is 0 Å². The van der Waals surface area contributed by atoms with Crippen molar-refractivity contribution in [3.63, 3.8) is 0 Å². The molecule has 0 aliphatic heterocycles. The van der Waals surface area contributed by atoms with Gasteiger partial charge in [-0.15, -0.1) is 0 Å². The number of rotatable bonds is 6. The number of nitro benzene ring substituents is 1. The number of nitrogens with zero attached hydrogens (tertiary/aromatic N) is 1. The molecule has 0 spiro atoms. The van der Waals surface area contributed by atoms with Crippen molar-refractivity contribution >= 4 is 40.3 Å². The monoisotopic (exact) mass is 366 g/mol.